The summed E-state index contributed by atoms with van der Waals surface area (Å²) in [6.07, 6.45) is -2.23. The summed E-state index contributed by atoms with van der Waals surface area (Å²) in [5, 5.41) is 8.87. The van der Waals surface area contributed by atoms with E-state index in [1.165, 1.54) is 0 Å². The topological polar surface area (TPSA) is 59.4 Å². The lowest BCUT2D eigenvalue weighted by Gasteiger charge is -2.08. The first kappa shape index (κ1) is 11.6. The van der Waals surface area contributed by atoms with Crippen molar-refractivity contribution in [2.24, 2.45) is 0 Å². The maximum Gasteiger partial charge on any atom is 0.342 e. The summed E-state index contributed by atoms with van der Waals surface area (Å²) in [4.78, 5) is 14.4. The zero-order chi connectivity index (χ0) is 11.6. The number of alkyl halides is 2. The molecule has 0 spiro atoms. The number of halogens is 3. The summed E-state index contributed by atoms with van der Waals surface area (Å²) in [7, 11) is 1.01. The zero-order valence-electron chi connectivity index (χ0n) is 7.50. The van der Waals surface area contributed by atoms with Crippen LogP contribution >= 0.6 is 11.6 Å². The van der Waals surface area contributed by atoms with Gasteiger partial charge in [0.2, 0.25) is 0 Å². The molecule has 0 aromatic carbocycles. The minimum atomic E-state index is -2.95. The van der Waals surface area contributed by atoms with Crippen LogP contribution < -0.4 is 0 Å². The average molecular weight is 238 g/mol. The van der Waals surface area contributed by atoms with Gasteiger partial charge in [-0.3, -0.25) is 0 Å². The number of nitrogens with zero attached hydrogens (tertiary/aromatic N) is 1. The first-order chi connectivity index (χ1) is 6.99. The normalized spacial score (nSPS) is 10.5. The molecule has 0 saturated carbocycles. The molecule has 4 nitrogen and oxygen atoms in total. The van der Waals surface area contributed by atoms with Crippen LogP contribution in [0, 0.1) is 0 Å². The third kappa shape index (κ3) is 2.15. The second-order valence-electron chi connectivity index (χ2n) is 2.52. The highest BCUT2D eigenvalue weighted by atomic mass is 35.5. The molecular weight excluding hydrogens is 232 g/mol. The molecule has 1 aromatic heterocycles. The van der Waals surface area contributed by atoms with Crippen molar-refractivity contribution in [3.63, 3.8) is 0 Å². The molecule has 0 saturated heterocycles. The number of hydrogen-bond acceptors (Lipinski definition) is 4. The second kappa shape index (κ2) is 4.39. The van der Waals surface area contributed by atoms with Crippen molar-refractivity contribution < 1.29 is 23.4 Å². The van der Waals surface area contributed by atoms with Crippen molar-refractivity contribution >= 4 is 17.6 Å². The highest BCUT2D eigenvalue weighted by molar-refractivity contribution is 6.31. The smallest absolute Gasteiger partial charge is 0.342 e. The number of rotatable bonds is 2. The van der Waals surface area contributed by atoms with E-state index in [9.17, 15) is 18.7 Å². The predicted molar refractivity (Wildman–Crippen MR) is 47.2 cm³/mol. The molecule has 0 atom stereocenters. The first-order valence-electron chi connectivity index (χ1n) is 3.72. The fourth-order valence-corrected chi connectivity index (χ4v) is 1.12. The number of ether oxygens (including phenoxy) is 1. The molecule has 1 N–H and O–H groups in total. The van der Waals surface area contributed by atoms with E-state index >= 15 is 0 Å². The largest absolute Gasteiger partial charge is 0.504 e. The average Bonchev–Trinajstić information content (AvgIpc) is 2.20. The Morgan fingerprint density at radius 3 is 2.73 bits per heavy atom. The Labute approximate surface area is 88.4 Å². The summed E-state index contributed by atoms with van der Waals surface area (Å²) < 4.78 is 29.1. The van der Waals surface area contributed by atoms with Crippen LogP contribution in [0.3, 0.4) is 0 Å². The van der Waals surface area contributed by atoms with Crippen LogP contribution in [0.25, 0.3) is 0 Å². The van der Waals surface area contributed by atoms with Crippen LogP contribution in [-0.4, -0.2) is 23.2 Å². The van der Waals surface area contributed by atoms with Crippen LogP contribution in [0.15, 0.2) is 6.20 Å². The van der Waals surface area contributed by atoms with E-state index in [4.69, 9.17) is 11.6 Å². The summed E-state index contributed by atoms with van der Waals surface area (Å²) in [6, 6.07) is 0. The van der Waals surface area contributed by atoms with Gasteiger partial charge in [0.05, 0.1) is 12.7 Å². The lowest BCUT2D eigenvalue weighted by molar-refractivity contribution is 0.0585. The van der Waals surface area contributed by atoms with E-state index in [-0.39, 0.29) is 0 Å². The van der Waals surface area contributed by atoms with Crippen LogP contribution in [0.4, 0.5) is 8.78 Å². The van der Waals surface area contributed by atoms with Gasteiger partial charge in [0.25, 0.3) is 6.43 Å². The standard InChI is InChI=1S/C8H6ClF2NO3/c1-15-8(14)4-3(7(10)11)2-12-6(9)5(4)13/h2,7,13H,1H3. The van der Waals surface area contributed by atoms with E-state index in [2.05, 4.69) is 9.72 Å². The lowest BCUT2D eigenvalue weighted by Crippen LogP contribution is -2.07. The predicted octanol–water partition coefficient (Wildman–Crippen LogP) is 2.16. The number of carbonyl (C=O) groups excluding carboxylic acids is 1. The van der Waals surface area contributed by atoms with Gasteiger partial charge in [-0.2, -0.15) is 0 Å². The van der Waals surface area contributed by atoms with Crippen molar-refractivity contribution in [3.8, 4) is 5.75 Å². The molecule has 15 heavy (non-hydrogen) atoms. The summed E-state index contributed by atoms with van der Waals surface area (Å²) in [5.74, 6) is -1.89. The van der Waals surface area contributed by atoms with E-state index in [0.717, 1.165) is 13.3 Å². The quantitative estimate of drug-likeness (QED) is 0.633. The monoisotopic (exact) mass is 237 g/mol. The highest BCUT2D eigenvalue weighted by Gasteiger charge is 2.25. The minimum absolute atomic E-state index is 0.431. The molecule has 82 valence electrons. The van der Waals surface area contributed by atoms with Crippen molar-refractivity contribution in [1.29, 1.82) is 0 Å². The highest BCUT2D eigenvalue weighted by Crippen LogP contribution is 2.33. The van der Waals surface area contributed by atoms with Gasteiger partial charge in [-0.1, -0.05) is 11.6 Å². The lowest BCUT2D eigenvalue weighted by atomic mass is 10.1. The number of aromatic hydroxyl groups is 1. The fourth-order valence-electron chi connectivity index (χ4n) is 0.974. The van der Waals surface area contributed by atoms with Gasteiger partial charge >= 0.3 is 5.97 Å². The molecule has 7 heteroatoms. The maximum atomic E-state index is 12.4. The van der Waals surface area contributed by atoms with E-state index < -0.39 is 34.4 Å². The fraction of sp³-hybridized carbons (Fsp3) is 0.250. The van der Waals surface area contributed by atoms with Gasteiger partial charge in [0, 0.05) is 6.20 Å². The molecule has 0 aliphatic carbocycles. The van der Waals surface area contributed by atoms with Gasteiger partial charge in [-0.25, -0.2) is 18.6 Å². The zero-order valence-corrected chi connectivity index (χ0v) is 8.26. The van der Waals surface area contributed by atoms with Crippen LogP contribution in [0.2, 0.25) is 5.15 Å². The Balaban J connectivity index is 3.41. The van der Waals surface area contributed by atoms with Gasteiger partial charge in [0.15, 0.2) is 10.9 Å². The van der Waals surface area contributed by atoms with Crippen LogP contribution in [-0.2, 0) is 4.74 Å². The third-order valence-corrected chi connectivity index (χ3v) is 1.94. The van der Waals surface area contributed by atoms with Crippen molar-refractivity contribution in [2.75, 3.05) is 7.11 Å². The number of methoxy groups -OCH3 is 1. The van der Waals surface area contributed by atoms with Crippen LogP contribution in [0.1, 0.15) is 22.3 Å². The van der Waals surface area contributed by atoms with Gasteiger partial charge in [-0.15, -0.1) is 0 Å². The van der Waals surface area contributed by atoms with Crippen molar-refractivity contribution in [3.05, 3.63) is 22.5 Å². The number of pyridine rings is 1. The van der Waals surface area contributed by atoms with Gasteiger partial charge in [-0.05, 0) is 0 Å². The Kier molecular flexibility index (Phi) is 3.41. The third-order valence-electron chi connectivity index (χ3n) is 1.66. The molecule has 1 aromatic rings. The summed E-state index contributed by atoms with van der Waals surface area (Å²) >= 11 is 5.38. The Morgan fingerprint density at radius 2 is 2.27 bits per heavy atom. The van der Waals surface area contributed by atoms with Crippen molar-refractivity contribution in [2.45, 2.75) is 6.43 Å². The number of esters is 1. The summed E-state index contributed by atoms with van der Waals surface area (Å²) in [6.45, 7) is 0. The molecule has 1 heterocycles. The van der Waals surface area contributed by atoms with Gasteiger partial charge < -0.3 is 9.84 Å². The Morgan fingerprint density at radius 1 is 1.67 bits per heavy atom. The molecule has 0 unspecified atom stereocenters. The van der Waals surface area contributed by atoms with E-state index in [1.807, 2.05) is 0 Å². The number of carbonyl (C=O) groups is 1. The molecule has 0 bridgehead atoms. The van der Waals surface area contributed by atoms with E-state index in [0.29, 0.717) is 0 Å². The van der Waals surface area contributed by atoms with Gasteiger partial charge in [0.1, 0.15) is 5.56 Å². The Hall–Kier alpha value is -1.43. The SMILES string of the molecule is COC(=O)c1c(C(F)F)cnc(Cl)c1O. The summed E-state index contributed by atoms with van der Waals surface area (Å²) in [5.41, 5.74) is -1.38. The first-order valence-corrected chi connectivity index (χ1v) is 4.10. The second-order valence-corrected chi connectivity index (χ2v) is 2.88. The molecule has 0 aliphatic rings. The molecule has 0 amide bonds. The Bertz CT molecular complexity index is 398. The molecule has 0 radical (unpaired) electrons. The molecular formula is C8H6ClF2NO3. The van der Waals surface area contributed by atoms with Crippen molar-refractivity contribution in [1.82, 2.24) is 4.98 Å². The minimum Gasteiger partial charge on any atom is -0.504 e. The number of hydrogen-bond donors (Lipinski definition) is 1. The van der Waals surface area contributed by atoms with Crippen LogP contribution in [0.5, 0.6) is 5.75 Å². The number of aromatic nitrogens is 1. The molecule has 1 rings (SSSR count). The maximum absolute atomic E-state index is 12.4. The van der Waals surface area contributed by atoms with E-state index in [1.54, 1.807) is 0 Å². The molecule has 0 fully saturated rings. The molecule has 0 aliphatic heterocycles.